The predicted molar refractivity (Wildman–Crippen MR) is 95.9 cm³/mol. The predicted octanol–water partition coefficient (Wildman–Crippen LogP) is 4.82. The molecule has 4 heteroatoms. The van der Waals surface area contributed by atoms with Crippen LogP contribution in [0.25, 0.3) is 0 Å². The lowest BCUT2D eigenvalue weighted by molar-refractivity contribution is -0.156. The number of cyclic esters (lactones) is 1. The zero-order valence-electron chi connectivity index (χ0n) is 13.6. The summed E-state index contributed by atoms with van der Waals surface area (Å²) >= 11 is 2.39. The zero-order valence-corrected chi connectivity index (χ0v) is 15.8. The first-order valence-electron chi connectivity index (χ1n) is 7.90. The molecule has 2 atom stereocenters. The van der Waals surface area contributed by atoms with E-state index in [4.69, 9.17) is 9.47 Å². The maximum Gasteiger partial charge on any atom is 0.345 e. The van der Waals surface area contributed by atoms with E-state index >= 15 is 0 Å². The molecule has 0 radical (unpaired) electrons. The summed E-state index contributed by atoms with van der Waals surface area (Å²) in [5.41, 5.74) is -0.264. The molecule has 1 aliphatic rings. The van der Waals surface area contributed by atoms with Crippen molar-refractivity contribution in [2.45, 2.75) is 58.3 Å². The van der Waals surface area contributed by atoms with Crippen LogP contribution in [0.1, 0.15) is 52.0 Å². The first kappa shape index (κ1) is 17.7. The number of rotatable bonds is 6. The van der Waals surface area contributed by atoms with E-state index in [1.807, 2.05) is 51.1 Å². The van der Waals surface area contributed by atoms with Gasteiger partial charge in [-0.25, -0.2) is 4.79 Å². The molecular formula is C18H25IO3. The Morgan fingerprint density at radius 2 is 1.82 bits per heavy atom. The van der Waals surface area contributed by atoms with Crippen molar-refractivity contribution in [3.8, 4) is 0 Å². The Morgan fingerprint density at radius 3 is 2.36 bits per heavy atom. The molecule has 1 aromatic rings. The molecule has 2 rings (SSSR count). The average Bonchev–Trinajstić information content (AvgIpc) is 2.83. The van der Waals surface area contributed by atoms with Crippen LogP contribution in [0.15, 0.2) is 30.3 Å². The Balaban J connectivity index is 2.25. The van der Waals surface area contributed by atoms with Gasteiger partial charge in [0.05, 0.1) is 0 Å². The van der Waals surface area contributed by atoms with Crippen LogP contribution in [-0.4, -0.2) is 16.7 Å². The van der Waals surface area contributed by atoms with Crippen molar-refractivity contribution in [3.63, 3.8) is 0 Å². The Labute approximate surface area is 146 Å². The van der Waals surface area contributed by atoms with Crippen LogP contribution in [-0.2, 0) is 19.9 Å². The number of hydrogen-bond donors (Lipinski definition) is 0. The molecule has 0 spiro atoms. The van der Waals surface area contributed by atoms with E-state index in [0.717, 1.165) is 22.8 Å². The van der Waals surface area contributed by atoms with Gasteiger partial charge in [-0.1, -0.05) is 80.1 Å². The molecule has 0 amide bonds. The molecule has 1 aliphatic heterocycles. The van der Waals surface area contributed by atoms with Crippen molar-refractivity contribution in [2.24, 2.45) is 5.41 Å². The number of carbonyl (C=O) groups is 1. The van der Waals surface area contributed by atoms with Gasteiger partial charge >= 0.3 is 5.97 Å². The van der Waals surface area contributed by atoms with Gasteiger partial charge in [-0.15, -0.1) is 0 Å². The number of carbonyl (C=O) groups excluding carboxylic acids is 1. The van der Waals surface area contributed by atoms with E-state index in [1.165, 1.54) is 6.42 Å². The van der Waals surface area contributed by atoms with Gasteiger partial charge in [0.1, 0.15) is 0 Å². The summed E-state index contributed by atoms with van der Waals surface area (Å²) in [4.78, 5) is 12.7. The minimum Gasteiger partial charge on any atom is -0.433 e. The highest BCUT2D eigenvalue weighted by atomic mass is 127. The fraction of sp³-hybridized carbons (Fsp3) is 0.611. The lowest BCUT2D eigenvalue weighted by Crippen LogP contribution is -2.35. The van der Waals surface area contributed by atoms with Crippen LogP contribution in [0, 0.1) is 5.41 Å². The number of unbranched alkanes of at least 4 members (excludes halogenated alkanes) is 2. The molecule has 1 aromatic carbocycles. The molecule has 22 heavy (non-hydrogen) atoms. The van der Waals surface area contributed by atoms with Crippen molar-refractivity contribution in [1.29, 1.82) is 0 Å². The quantitative estimate of drug-likeness (QED) is 0.289. The van der Waals surface area contributed by atoms with Gasteiger partial charge < -0.3 is 9.47 Å². The van der Waals surface area contributed by atoms with Crippen molar-refractivity contribution in [2.75, 3.05) is 4.43 Å². The van der Waals surface area contributed by atoms with E-state index < -0.39 is 11.9 Å². The summed E-state index contributed by atoms with van der Waals surface area (Å²) in [7, 11) is 0. The summed E-state index contributed by atoms with van der Waals surface area (Å²) < 4.78 is 13.0. The van der Waals surface area contributed by atoms with E-state index in [1.54, 1.807) is 0 Å². The van der Waals surface area contributed by atoms with Crippen molar-refractivity contribution < 1.29 is 14.3 Å². The van der Waals surface area contributed by atoms with Gasteiger partial charge in [0.2, 0.25) is 6.29 Å². The third kappa shape index (κ3) is 3.82. The van der Waals surface area contributed by atoms with E-state index in [9.17, 15) is 4.79 Å². The largest absolute Gasteiger partial charge is 0.433 e. The summed E-state index contributed by atoms with van der Waals surface area (Å²) in [5.74, 6) is -0.243. The monoisotopic (exact) mass is 416 g/mol. The van der Waals surface area contributed by atoms with Crippen molar-refractivity contribution >= 4 is 28.6 Å². The molecule has 1 fully saturated rings. The van der Waals surface area contributed by atoms with E-state index in [2.05, 4.69) is 22.6 Å². The summed E-state index contributed by atoms with van der Waals surface area (Å²) in [6.45, 7) is 6.09. The third-order valence-corrected chi connectivity index (χ3v) is 4.72. The van der Waals surface area contributed by atoms with Gasteiger partial charge in [0, 0.05) is 5.41 Å². The highest BCUT2D eigenvalue weighted by molar-refractivity contribution is 14.1. The summed E-state index contributed by atoms with van der Waals surface area (Å²) in [6, 6.07) is 9.77. The Bertz CT molecular complexity index is 495. The number of benzene rings is 1. The first-order chi connectivity index (χ1) is 10.4. The second-order valence-corrected chi connectivity index (χ2v) is 7.99. The molecule has 1 saturated heterocycles. The van der Waals surface area contributed by atoms with Crippen LogP contribution in [0.5, 0.6) is 0 Å². The number of hydrogen-bond acceptors (Lipinski definition) is 3. The molecule has 3 nitrogen and oxygen atoms in total. The normalized spacial score (nSPS) is 25.3. The van der Waals surface area contributed by atoms with Gasteiger partial charge in [-0.2, -0.15) is 0 Å². The minimum atomic E-state index is -0.940. The second-order valence-electron chi connectivity index (χ2n) is 6.91. The fourth-order valence-electron chi connectivity index (χ4n) is 2.64. The summed E-state index contributed by atoms with van der Waals surface area (Å²) in [5, 5.41) is 0. The lowest BCUT2D eigenvalue weighted by Gasteiger charge is -2.28. The molecule has 0 unspecified atom stereocenters. The summed E-state index contributed by atoms with van der Waals surface area (Å²) in [6.07, 6.45) is 3.42. The molecule has 122 valence electrons. The van der Waals surface area contributed by atoms with Crippen LogP contribution in [0.3, 0.4) is 0 Å². The number of halogens is 1. The molecule has 0 bridgehead atoms. The SMILES string of the molecule is CC(C)(C)[C@H]1OC(=O)[C@@](CCCCCI)(c2ccccc2)O1. The fourth-order valence-corrected chi connectivity index (χ4v) is 3.18. The Morgan fingerprint density at radius 1 is 1.14 bits per heavy atom. The van der Waals surface area contributed by atoms with Gasteiger partial charge in [-0.3, -0.25) is 0 Å². The van der Waals surface area contributed by atoms with Crippen LogP contribution in [0.4, 0.5) is 0 Å². The molecule has 0 aliphatic carbocycles. The van der Waals surface area contributed by atoms with Gasteiger partial charge in [-0.05, 0) is 29.3 Å². The minimum absolute atomic E-state index is 0.228. The third-order valence-electron chi connectivity index (χ3n) is 3.96. The number of ether oxygens (including phenoxy) is 2. The maximum absolute atomic E-state index is 12.7. The van der Waals surface area contributed by atoms with Crippen LogP contribution in [0.2, 0.25) is 0 Å². The smallest absolute Gasteiger partial charge is 0.345 e. The van der Waals surface area contributed by atoms with Gasteiger partial charge in [0.15, 0.2) is 5.60 Å². The van der Waals surface area contributed by atoms with E-state index in [-0.39, 0.29) is 11.4 Å². The Hall–Kier alpha value is -0.620. The molecular weight excluding hydrogens is 391 g/mol. The van der Waals surface area contributed by atoms with Crippen LogP contribution >= 0.6 is 22.6 Å². The van der Waals surface area contributed by atoms with Crippen molar-refractivity contribution in [3.05, 3.63) is 35.9 Å². The first-order valence-corrected chi connectivity index (χ1v) is 9.43. The topological polar surface area (TPSA) is 35.5 Å². The van der Waals surface area contributed by atoms with Gasteiger partial charge in [0.25, 0.3) is 0 Å². The molecule has 0 saturated carbocycles. The van der Waals surface area contributed by atoms with Crippen LogP contribution < -0.4 is 0 Å². The molecule has 1 heterocycles. The molecule has 0 N–H and O–H groups in total. The van der Waals surface area contributed by atoms with Crippen molar-refractivity contribution in [1.82, 2.24) is 0 Å². The van der Waals surface area contributed by atoms with E-state index in [0.29, 0.717) is 6.42 Å². The highest BCUT2D eigenvalue weighted by Gasteiger charge is 2.54. The average molecular weight is 416 g/mol. The zero-order chi connectivity index (χ0) is 16.2. The standard InChI is InChI=1S/C18H25IO3/c1-17(2,3)16-21-15(20)18(22-16,12-8-5-9-13-19)14-10-6-4-7-11-14/h4,6-7,10-11,16H,5,8-9,12-13H2,1-3H3/t16-,18+/m0/s1. The second kappa shape index (κ2) is 7.30. The molecule has 0 aromatic heterocycles. The highest BCUT2D eigenvalue weighted by Crippen LogP contribution is 2.43. The maximum atomic E-state index is 12.7. The lowest BCUT2D eigenvalue weighted by atomic mass is 9.88. The Kier molecular flexibility index (Phi) is 5.88. The number of alkyl halides is 1. The number of esters is 1.